The van der Waals surface area contributed by atoms with Crippen LogP contribution in [0.5, 0.6) is 0 Å². The summed E-state index contributed by atoms with van der Waals surface area (Å²) in [4.78, 5) is 9.92. The summed E-state index contributed by atoms with van der Waals surface area (Å²) in [5.74, 6) is 0.252. The second-order valence-corrected chi connectivity index (χ2v) is 3.05. The Balaban J connectivity index is 2.10. The zero-order valence-electron chi connectivity index (χ0n) is 7.28. The number of piperazine rings is 1. The van der Waals surface area contributed by atoms with Crippen molar-refractivity contribution in [1.29, 1.82) is 0 Å². The molecule has 1 saturated heterocycles. The Morgan fingerprint density at radius 2 is 1.85 bits per heavy atom. The lowest BCUT2D eigenvalue weighted by atomic mass is 10.4. The maximum absolute atomic E-state index is 12.5. The number of nitrogens with zero attached hydrogens (tertiary/aromatic N) is 3. The third-order valence-electron chi connectivity index (χ3n) is 2.10. The average Bonchev–Trinajstić information content (AvgIpc) is 2.20. The maximum atomic E-state index is 12.5. The molecule has 0 unspecified atom stereocenters. The van der Waals surface area contributed by atoms with Gasteiger partial charge in [0.1, 0.15) is 0 Å². The van der Waals surface area contributed by atoms with Crippen molar-refractivity contribution in [3.05, 3.63) is 18.2 Å². The van der Waals surface area contributed by atoms with Crippen molar-refractivity contribution in [3.63, 3.8) is 0 Å². The Morgan fingerprint density at radius 3 is 2.46 bits per heavy atom. The van der Waals surface area contributed by atoms with Gasteiger partial charge in [-0.3, -0.25) is 0 Å². The monoisotopic (exact) mass is 183 g/mol. The Hall–Kier alpha value is -1.23. The predicted molar refractivity (Wildman–Crippen MR) is 45.9 cm³/mol. The van der Waals surface area contributed by atoms with Gasteiger partial charge in [0.2, 0.25) is 5.95 Å². The van der Waals surface area contributed by atoms with E-state index in [0.717, 1.165) is 26.2 Å². The van der Waals surface area contributed by atoms with Crippen molar-refractivity contribution in [2.24, 2.45) is 0 Å². The smallest absolute Gasteiger partial charge is 0.225 e. The van der Waals surface area contributed by atoms with Gasteiger partial charge in [-0.25, -0.2) is 14.4 Å². The van der Waals surface area contributed by atoms with Crippen molar-refractivity contribution < 1.29 is 9.71 Å². The Kier molecular flexibility index (Phi) is 2.35. The fraction of sp³-hybridized carbons (Fsp3) is 0.500. The van der Waals surface area contributed by atoms with Gasteiger partial charge in [0.05, 0.1) is 38.6 Å². The molecule has 0 atom stereocenters. The first-order valence-corrected chi connectivity index (χ1v) is 4.40. The zero-order chi connectivity index (χ0) is 9.10. The SMILES string of the molecule is Fc1cnc(N2CC[NH2+]CC2)nc1. The van der Waals surface area contributed by atoms with Crippen molar-refractivity contribution in [3.8, 4) is 0 Å². The third kappa shape index (κ3) is 1.92. The van der Waals surface area contributed by atoms with Gasteiger partial charge in [0.15, 0.2) is 5.82 Å². The fourth-order valence-electron chi connectivity index (χ4n) is 1.42. The van der Waals surface area contributed by atoms with Crippen molar-refractivity contribution in [1.82, 2.24) is 9.97 Å². The van der Waals surface area contributed by atoms with Crippen molar-refractivity contribution >= 4 is 5.95 Å². The number of quaternary nitrogens is 1. The van der Waals surface area contributed by atoms with Crippen LogP contribution in [0.2, 0.25) is 0 Å². The summed E-state index contributed by atoms with van der Waals surface area (Å²) < 4.78 is 12.5. The van der Waals surface area contributed by atoms with E-state index in [1.807, 2.05) is 0 Å². The Labute approximate surface area is 75.8 Å². The lowest BCUT2D eigenvalue weighted by Crippen LogP contribution is -2.89. The van der Waals surface area contributed by atoms with Crippen LogP contribution in [0.4, 0.5) is 10.3 Å². The highest BCUT2D eigenvalue weighted by molar-refractivity contribution is 5.28. The molecular weight excluding hydrogens is 171 g/mol. The molecule has 1 aliphatic rings. The normalized spacial score (nSPS) is 17.5. The molecule has 0 saturated carbocycles. The molecule has 2 rings (SSSR count). The fourth-order valence-corrected chi connectivity index (χ4v) is 1.42. The molecule has 70 valence electrons. The lowest BCUT2D eigenvalue weighted by Gasteiger charge is -2.24. The van der Waals surface area contributed by atoms with Crippen LogP contribution in [0, 0.1) is 5.82 Å². The van der Waals surface area contributed by atoms with E-state index in [-0.39, 0.29) is 5.82 Å². The standard InChI is InChI=1S/C8H11FN4/c9-7-5-11-8(12-6-7)13-3-1-10-2-4-13/h5-6,10H,1-4H2/p+1. The number of hydrogen-bond donors (Lipinski definition) is 1. The van der Waals surface area contributed by atoms with Crippen LogP contribution in [0.15, 0.2) is 12.4 Å². The van der Waals surface area contributed by atoms with Crippen LogP contribution in [-0.4, -0.2) is 36.1 Å². The molecule has 0 bridgehead atoms. The lowest BCUT2D eigenvalue weighted by molar-refractivity contribution is -0.655. The van der Waals surface area contributed by atoms with Crippen LogP contribution in [0.25, 0.3) is 0 Å². The Bertz CT molecular complexity index is 268. The molecule has 5 heteroatoms. The molecule has 1 aromatic heterocycles. The molecule has 1 fully saturated rings. The van der Waals surface area contributed by atoms with Gasteiger partial charge in [0, 0.05) is 0 Å². The summed E-state index contributed by atoms with van der Waals surface area (Å²) in [5, 5.41) is 2.25. The molecule has 2 N–H and O–H groups in total. The van der Waals surface area contributed by atoms with Gasteiger partial charge in [-0.05, 0) is 0 Å². The van der Waals surface area contributed by atoms with Crippen LogP contribution in [0.3, 0.4) is 0 Å². The molecule has 0 amide bonds. The molecule has 2 heterocycles. The third-order valence-corrected chi connectivity index (χ3v) is 2.10. The first-order valence-electron chi connectivity index (χ1n) is 4.40. The van der Waals surface area contributed by atoms with E-state index in [0.29, 0.717) is 5.95 Å². The molecule has 1 aromatic rings. The minimum absolute atomic E-state index is 0.382. The number of aromatic nitrogens is 2. The van der Waals surface area contributed by atoms with Crippen LogP contribution in [-0.2, 0) is 0 Å². The topological polar surface area (TPSA) is 45.6 Å². The van der Waals surface area contributed by atoms with Gasteiger partial charge >= 0.3 is 0 Å². The molecule has 0 spiro atoms. The molecule has 0 aromatic carbocycles. The van der Waals surface area contributed by atoms with Gasteiger partial charge in [0.25, 0.3) is 0 Å². The van der Waals surface area contributed by atoms with Crippen LogP contribution >= 0.6 is 0 Å². The quantitative estimate of drug-likeness (QED) is 0.607. The van der Waals surface area contributed by atoms with Crippen LogP contribution < -0.4 is 10.2 Å². The van der Waals surface area contributed by atoms with E-state index in [2.05, 4.69) is 20.2 Å². The van der Waals surface area contributed by atoms with Gasteiger partial charge in [-0.15, -0.1) is 0 Å². The largest absolute Gasteiger partial charge is 0.343 e. The van der Waals surface area contributed by atoms with Gasteiger partial charge < -0.3 is 10.2 Å². The summed E-state index contributed by atoms with van der Waals surface area (Å²) in [6, 6.07) is 0. The molecule has 13 heavy (non-hydrogen) atoms. The van der Waals surface area contributed by atoms with Crippen molar-refractivity contribution in [2.45, 2.75) is 0 Å². The first kappa shape index (κ1) is 8.37. The summed E-state index contributed by atoms with van der Waals surface area (Å²) in [6.45, 7) is 3.98. The van der Waals surface area contributed by atoms with Gasteiger partial charge in [-0.2, -0.15) is 0 Å². The number of anilines is 1. The summed E-state index contributed by atoms with van der Waals surface area (Å²) in [5.41, 5.74) is 0. The number of nitrogens with two attached hydrogens (primary N) is 1. The summed E-state index contributed by atoms with van der Waals surface area (Å²) >= 11 is 0. The van der Waals surface area contributed by atoms with E-state index in [1.165, 1.54) is 12.4 Å². The predicted octanol–water partition coefficient (Wildman–Crippen LogP) is -1.00. The molecular formula is C8H12FN4+. The highest BCUT2D eigenvalue weighted by atomic mass is 19.1. The van der Waals surface area contributed by atoms with E-state index < -0.39 is 0 Å². The number of hydrogen-bond acceptors (Lipinski definition) is 3. The Morgan fingerprint density at radius 1 is 1.23 bits per heavy atom. The molecule has 1 aliphatic heterocycles. The van der Waals surface area contributed by atoms with E-state index in [4.69, 9.17) is 0 Å². The molecule has 0 radical (unpaired) electrons. The average molecular weight is 183 g/mol. The number of halogens is 1. The minimum Gasteiger partial charge on any atom is -0.343 e. The van der Waals surface area contributed by atoms with Gasteiger partial charge in [-0.1, -0.05) is 0 Å². The summed E-state index contributed by atoms with van der Waals surface area (Å²) in [7, 11) is 0. The highest BCUT2D eigenvalue weighted by Crippen LogP contribution is 2.05. The first-order chi connectivity index (χ1) is 6.36. The van der Waals surface area contributed by atoms with E-state index >= 15 is 0 Å². The maximum Gasteiger partial charge on any atom is 0.225 e. The van der Waals surface area contributed by atoms with Crippen LogP contribution in [0.1, 0.15) is 0 Å². The molecule has 4 nitrogen and oxygen atoms in total. The van der Waals surface area contributed by atoms with E-state index in [9.17, 15) is 4.39 Å². The van der Waals surface area contributed by atoms with E-state index in [1.54, 1.807) is 0 Å². The zero-order valence-corrected chi connectivity index (χ0v) is 7.28. The number of rotatable bonds is 1. The minimum atomic E-state index is -0.382. The second kappa shape index (κ2) is 3.66. The second-order valence-electron chi connectivity index (χ2n) is 3.05. The molecule has 0 aliphatic carbocycles. The highest BCUT2D eigenvalue weighted by Gasteiger charge is 2.14. The van der Waals surface area contributed by atoms with Crippen molar-refractivity contribution in [2.75, 3.05) is 31.1 Å². The summed E-state index contributed by atoms with van der Waals surface area (Å²) in [6.07, 6.45) is 2.42.